The van der Waals surface area contributed by atoms with Gasteiger partial charge in [-0.25, -0.2) is 4.39 Å². The molecular weight excluding hydrogens is 207 g/mol. The van der Waals surface area contributed by atoms with E-state index in [4.69, 9.17) is 10.5 Å². The van der Waals surface area contributed by atoms with E-state index >= 15 is 0 Å². The molecule has 0 amide bonds. The van der Waals surface area contributed by atoms with Crippen LogP contribution in [0.1, 0.15) is 12.5 Å². The summed E-state index contributed by atoms with van der Waals surface area (Å²) < 4.78 is 18.6. The zero-order valence-corrected chi connectivity index (χ0v) is 9.45. The summed E-state index contributed by atoms with van der Waals surface area (Å²) in [6.07, 6.45) is 0. The minimum absolute atomic E-state index is 0.265. The van der Waals surface area contributed by atoms with Crippen LogP contribution < -0.4 is 5.73 Å². The molecule has 1 aliphatic rings. The van der Waals surface area contributed by atoms with Gasteiger partial charge in [-0.2, -0.15) is 0 Å². The normalized spacial score (nSPS) is 22.2. The molecule has 1 fully saturated rings. The minimum Gasteiger partial charge on any atom is -0.396 e. The van der Waals surface area contributed by atoms with E-state index in [0.29, 0.717) is 12.6 Å². The monoisotopic (exact) mass is 224 g/mol. The average Bonchev–Trinajstić information content (AvgIpc) is 2.28. The van der Waals surface area contributed by atoms with Crippen LogP contribution in [0.5, 0.6) is 0 Å². The van der Waals surface area contributed by atoms with Gasteiger partial charge in [0, 0.05) is 19.1 Å². The molecule has 4 heteroatoms. The summed E-state index contributed by atoms with van der Waals surface area (Å²) in [7, 11) is 0. The first-order valence-electron chi connectivity index (χ1n) is 5.53. The molecule has 3 nitrogen and oxygen atoms in total. The zero-order chi connectivity index (χ0) is 11.5. The molecule has 1 aromatic rings. The minimum atomic E-state index is -0.335. The quantitative estimate of drug-likeness (QED) is 0.776. The SMILES string of the molecule is CC1COCCN1Cc1cccc(F)c1N. The molecule has 2 rings (SSSR count). The van der Waals surface area contributed by atoms with E-state index in [9.17, 15) is 4.39 Å². The first-order valence-corrected chi connectivity index (χ1v) is 5.53. The van der Waals surface area contributed by atoms with Gasteiger partial charge in [-0.05, 0) is 18.6 Å². The average molecular weight is 224 g/mol. The van der Waals surface area contributed by atoms with E-state index in [-0.39, 0.29) is 11.5 Å². The number of hydrogen-bond donors (Lipinski definition) is 1. The van der Waals surface area contributed by atoms with E-state index < -0.39 is 0 Å². The van der Waals surface area contributed by atoms with Crippen molar-refractivity contribution in [1.82, 2.24) is 4.90 Å². The predicted octanol–water partition coefficient (Wildman–Crippen LogP) is 1.63. The lowest BCUT2D eigenvalue weighted by atomic mass is 10.1. The van der Waals surface area contributed by atoms with Gasteiger partial charge in [0.1, 0.15) is 5.82 Å². The van der Waals surface area contributed by atoms with E-state index in [0.717, 1.165) is 25.3 Å². The van der Waals surface area contributed by atoms with E-state index in [2.05, 4.69) is 11.8 Å². The van der Waals surface area contributed by atoms with Crippen LogP contribution in [-0.2, 0) is 11.3 Å². The van der Waals surface area contributed by atoms with Crippen molar-refractivity contribution in [2.24, 2.45) is 0 Å². The maximum Gasteiger partial charge on any atom is 0.146 e. The molecule has 0 aromatic heterocycles. The molecule has 0 saturated carbocycles. The summed E-state index contributed by atoms with van der Waals surface area (Å²) in [5.74, 6) is -0.335. The lowest BCUT2D eigenvalue weighted by Crippen LogP contribution is -2.43. The van der Waals surface area contributed by atoms with Crippen molar-refractivity contribution in [2.75, 3.05) is 25.5 Å². The van der Waals surface area contributed by atoms with Crippen LogP contribution in [-0.4, -0.2) is 30.7 Å². The third-order valence-electron chi connectivity index (χ3n) is 3.02. The molecular formula is C12H17FN2O. The second-order valence-electron chi connectivity index (χ2n) is 4.21. The van der Waals surface area contributed by atoms with Gasteiger partial charge < -0.3 is 10.5 Å². The summed E-state index contributed by atoms with van der Waals surface area (Å²) in [5.41, 5.74) is 6.83. The Hall–Kier alpha value is -1.13. The van der Waals surface area contributed by atoms with Crippen molar-refractivity contribution < 1.29 is 9.13 Å². The van der Waals surface area contributed by atoms with Crippen LogP contribution in [0, 0.1) is 5.82 Å². The zero-order valence-electron chi connectivity index (χ0n) is 9.45. The van der Waals surface area contributed by atoms with Gasteiger partial charge in [0.15, 0.2) is 0 Å². The number of nitrogens with two attached hydrogens (primary N) is 1. The molecule has 88 valence electrons. The van der Waals surface area contributed by atoms with E-state index in [1.807, 2.05) is 6.07 Å². The van der Waals surface area contributed by atoms with Crippen molar-refractivity contribution in [3.8, 4) is 0 Å². The number of nitrogens with zero attached hydrogens (tertiary/aromatic N) is 1. The fourth-order valence-electron chi connectivity index (χ4n) is 1.93. The van der Waals surface area contributed by atoms with Crippen LogP contribution in [0.2, 0.25) is 0 Å². The fourth-order valence-corrected chi connectivity index (χ4v) is 1.93. The topological polar surface area (TPSA) is 38.5 Å². The molecule has 0 bridgehead atoms. The number of ether oxygens (including phenoxy) is 1. The van der Waals surface area contributed by atoms with Gasteiger partial charge >= 0.3 is 0 Å². The molecule has 1 aromatic carbocycles. The number of halogens is 1. The highest BCUT2D eigenvalue weighted by atomic mass is 19.1. The van der Waals surface area contributed by atoms with Gasteiger partial charge in [-0.15, -0.1) is 0 Å². The van der Waals surface area contributed by atoms with Crippen molar-refractivity contribution >= 4 is 5.69 Å². The highest BCUT2D eigenvalue weighted by molar-refractivity contribution is 5.47. The Bertz CT molecular complexity index is 370. The first kappa shape index (κ1) is 11.4. The van der Waals surface area contributed by atoms with E-state index in [1.165, 1.54) is 6.07 Å². The number of hydrogen-bond acceptors (Lipinski definition) is 3. The second kappa shape index (κ2) is 4.80. The number of benzene rings is 1. The van der Waals surface area contributed by atoms with Gasteiger partial charge in [0.05, 0.1) is 18.9 Å². The van der Waals surface area contributed by atoms with Crippen LogP contribution in [0.4, 0.5) is 10.1 Å². The fraction of sp³-hybridized carbons (Fsp3) is 0.500. The molecule has 1 unspecified atom stereocenters. The lowest BCUT2D eigenvalue weighted by Gasteiger charge is -2.33. The summed E-state index contributed by atoms with van der Waals surface area (Å²) in [4.78, 5) is 2.26. The summed E-state index contributed by atoms with van der Waals surface area (Å²) >= 11 is 0. The van der Waals surface area contributed by atoms with Crippen molar-refractivity contribution in [3.05, 3.63) is 29.6 Å². The number of morpholine rings is 1. The van der Waals surface area contributed by atoms with Crippen LogP contribution in [0.15, 0.2) is 18.2 Å². The molecule has 1 saturated heterocycles. The van der Waals surface area contributed by atoms with Crippen LogP contribution in [0.25, 0.3) is 0 Å². The molecule has 0 aliphatic carbocycles. The molecule has 0 radical (unpaired) electrons. The Morgan fingerprint density at radius 1 is 1.56 bits per heavy atom. The Morgan fingerprint density at radius 2 is 2.38 bits per heavy atom. The van der Waals surface area contributed by atoms with Crippen molar-refractivity contribution in [1.29, 1.82) is 0 Å². The molecule has 16 heavy (non-hydrogen) atoms. The first-order chi connectivity index (χ1) is 7.68. The maximum atomic E-state index is 13.3. The number of nitrogen functional groups attached to an aromatic ring is 1. The maximum absolute atomic E-state index is 13.3. The van der Waals surface area contributed by atoms with Gasteiger partial charge in [0.25, 0.3) is 0 Å². The molecule has 1 heterocycles. The van der Waals surface area contributed by atoms with Crippen LogP contribution in [0.3, 0.4) is 0 Å². The Labute approximate surface area is 95.0 Å². The lowest BCUT2D eigenvalue weighted by molar-refractivity contribution is -0.00430. The molecule has 1 aliphatic heterocycles. The highest BCUT2D eigenvalue weighted by Gasteiger charge is 2.19. The largest absolute Gasteiger partial charge is 0.396 e. The van der Waals surface area contributed by atoms with Gasteiger partial charge in [-0.3, -0.25) is 4.90 Å². The number of anilines is 1. The van der Waals surface area contributed by atoms with Crippen molar-refractivity contribution in [3.63, 3.8) is 0 Å². The van der Waals surface area contributed by atoms with Crippen LogP contribution >= 0.6 is 0 Å². The van der Waals surface area contributed by atoms with Gasteiger partial charge in [-0.1, -0.05) is 12.1 Å². The summed E-state index contributed by atoms with van der Waals surface area (Å²) in [6, 6.07) is 5.32. The molecule has 0 spiro atoms. The Kier molecular flexibility index (Phi) is 3.41. The Balaban J connectivity index is 2.10. The predicted molar refractivity (Wildman–Crippen MR) is 61.5 cm³/mol. The third kappa shape index (κ3) is 2.33. The highest BCUT2D eigenvalue weighted by Crippen LogP contribution is 2.19. The molecule has 1 atom stereocenters. The number of rotatable bonds is 2. The van der Waals surface area contributed by atoms with Crippen molar-refractivity contribution in [2.45, 2.75) is 19.5 Å². The van der Waals surface area contributed by atoms with E-state index in [1.54, 1.807) is 6.07 Å². The summed E-state index contributed by atoms with van der Waals surface area (Å²) in [6.45, 7) is 5.13. The standard InChI is InChI=1S/C12H17FN2O/c1-9-8-16-6-5-15(9)7-10-3-2-4-11(13)12(10)14/h2-4,9H,5-8,14H2,1H3. The van der Waals surface area contributed by atoms with Gasteiger partial charge in [0.2, 0.25) is 0 Å². The summed E-state index contributed by atoms with van der Waals surface area (Å²) in [5, 5.41) is 0. The third-order valence-corrected chi connectivity index (χ3v) is 3.02. The molecule has 2 N–H and O–H groups in total. The number of para-hydroxylation sites is 1. The Morgan fingerprint density at radius 3 is 3.12 bits per heavy atom. The second-order valence-corrected chi connectivity index (χ2v) is 4.21. The smallest absolute Gasteiger partial charge is 0.146 e.